The number of nitrogens with zero attached hydrogens (tertiary/aromatic N) is 1. The van der Waals surface area contributed by atoms with Crippen LogP contribution in [0.15, 0.2) is 60.8 Å². The lowest BCUT2D eigenvalue weighted by Crippen LogP contribution is -2.06. The van der Waals surface area contributed by atoms with Gasteiger partial charge in [0.1, 0.15) is 29.7 Å². The molecule has 0 fully saturated rings. The zero-order chi connectivity index (χ0) is 22.8. The fourth-order valence-electron chi connectivity index (χ4n) is 3.34. The largest absolute Gasteiger partial charge is 0.511 e. The molecule has 4 rings (SSSR count). The summed E-state index contributed by atoms with van der Waals surface area (Å²) in [7, 11) is 0. The highest BCUT2D eigenvalue weighted by molar-refractivity contribution is 5.88. The first-order chi connectivity index (χ1) is 15.3. The molecule has 0 spiro atoms. The van der Waals surface area contributed by atoms with Gasteiger partial charge in [-0.05, 0) is 42.5 Å². The number of ether oxygens (including phenoxy) is 2. The van der Waals surface area contributed by atoms with Crippen LogP contribution in [0.4, 0.5) is 22.4 Å². The van der Waals surface area contributed by atoms with E-state index in [9.17, 15) is 22.4 Å². The van der Waals surface area contributed by atoms with E-state index in [0.29, 0.717) is 28.6 Å². The first-order valence-corrected chi connectivity index (χ1v) is 9.35. The Kier molecular flexibility index (Phi) is 5.72. The SMILES string of the molecule is O=C(O)Oc1cccc2c1ccn2Cc1cc(F)ccc1OCc1cc(F)c(F)cc1F. The first-order valence-electron chi connectivity index (χ1n) is 9.35. The van der Waals surface area contributed by atoms with E-state index >= 15 is 0 Å². The van der Waals surface area contributed by atoms with Crippen LogP contribution >= 0.6 is 0 Å². The van der Waals surface area contributed by atoms with Gasteiger partial charge >= 0.3 is 6.16 Å². The van der Waals surface area contributed by atoms with Crippen molar-refractivity contribution >= 4 is 17.1 Å². The van der Waals surface area contributed by atoms with E-state index in [2.05, 4.69) is 0 Å². The molecular weight excluding hydrogens is 430 g/mol. The second kappa shape index (κ2) is 8.62. The summed E-state index contributed by atoms with van der Waals surface area (Å²) in [5, 5.41) is 9.42. The maximum absolute atomic E-state index is 13.9. The van der Waals surface area contributed by atoms with Crippen LogP contribution in [0.1, 0.15) is 11.1 Å². The Hall–Kier alpha value is -4.01. The van der Waals surface area contributed by atoms with Crippen LogP contribution in [0.3, 0.4) is 0 Å². The van der Waals surface area contributed by atoms with Crippen molar-refractivity contribution in [3.63, 3.8) is 0 Å². The number of hydrogen-bond donors (Lipinski definition) is 1. The maximum Gasteiger partial charge on any atom is 0.511 e. The van der Waals surface area contributed by atoms with Crippen molar-refractivity contribution in [2.45, 2.75) is 13.2 Å². The van der Waals surface area contributed by atoms with E-state index in [1.54, 1.807) is 29.0 Å². The van der Waals surface area contributed by atoms with E-state index in [1.165, 1.54) is 18.2 Å². The van der Waals surface area contributed by atoms with Gasteiger partial charge in [0.05, 0.1) is 12.1 Å². The maximum atomic E-state index is 13.9. The number of aromatic nitrogens is 1. The molecule has 0 amide bonds. The van der Waals surface area contributed by atoms with Crippen molar-refractivity contribution in [1.29, 1.82) is 0 Å². The molecule has 0 saturated heterocycles. The van der Waals surface area contributed by atoms with Gasteiger partial charge in [0.25, 0.3) is 0 Å². The fourth-order valence-corrected chi connectivity index (χ4v) is 3.34. The van der Waals surface area contributed by atoms with Gasteiger partial charge in [0.15, 0.2) is 11.6 Å². The Bertz CT molecular complexity index is 1320. The average molecular weight is 445 g/mol. The molecule has 164 valence electrons. The molecule has 0 radical (unpaired) electrons. The summed E-state index contributed by atoms with van der Waals surface area (Å²) in [6.45, 7) is -0.266. The van der Waals surface area contributed by atoms with Crippen LogP contribution in [0.2, 0.25) is 0 Å². The van der Waals surface area contributed by atoms with Gasteiger partial charge in [-0.25, -0.2) is 22.4 Å². The molecular formula is C23H15F4NO4. The number of fused-ring (bicyclic) bond motifs is 1. The van der Waals surface area contributed by atoms with E-state index in [4.69, 9.17) is 14.6 Å². The molecule has 1 aromatic heterocycles. The van der Waals surface area contributed by atoms with E-state index in [-0.39, 0.29) is 23.6 Å². The van der Waals surface area contributed by atoms with Gasteiger partial charge in [-0.3, -0.25) is 0 Å². The minimum absolute atomic E-state index is 0.132. The molecule has 0 bridgehead atoms. The summed E-state index contributed by atoms with van der Waals surface area (Å²) in [4.78, 5) is 10.9. The number of carbonyl (C=O) groups is 1. The van der Waals surface area contributed by atoms with Crippen molar-refractivity contribution in [2.75, 3.05) is 0 Å². The summed E-state index contributed by atoms with van der Waals surface area (Å²) in [6, 6.07) is 11.4. The Labute approximate surface area is 179 Å². The lowest BCUT2D eigenvalue weighted by molar-refractivity contribution is 0.145. The highest BCUT2D eigenvalue weighted by atomic mass is 19.2. The van der Waals surface area contributed by atoms with Crippen molar-refractivity contribution < 1.29 is 36.9 Å². The second-order valence-corrected chi connectivity index (χ2v) is 6.90. The lowest BCUT2D eigenvalue weighted by Gasteiger charge is -2.14. The van der Waals surface area contributed by atoms with Crippen LogP contribution < -0.4 is 9.47 Å². The summed E-state index contributed by atoms with van der Waals surface area (Å²) < 4.78 is 66.5. The Morgan fingerprint density at radius 2 is 1.66 bits per heavy atom. The molecule has 0 saturated carbocycles. The van der Waals surface area contributed by atoms with Gasteiger partial charge in [-0.15, -0.1) is 0 Å². The molecule has 0 aliphatic rings. The molecule has 5 nitrogen and oxygen atoms in total. The lowest BCUT2D eigenvalue weighted by atomic mass is 10.1. The standard InChI is InChI=1S/C23H15F4NO4/c24-15-4-5-21(31-12-14-9-18(26)19(27)10-17(14)25)13(8-15)11-28-7-6-16-20(28)2-1-3-22(16)32-23(29)30/h1-10H,11-12H2,(H,29,30). The Morgan fingerprint density at radius 3 is 2.44 bits per heavy atom. The molecule has 0 unspecified atom stereocenters. The van der Waals surface area contributed by atoms with Crippen molar-refractivity contribution in [2.24, 2.45) is 0 Å². The highest BCUT2D eigenvalue weighted by Crippen LogP contribution is 2.29. The molecule has 1 N–H and O–H groups in total. The number of hydrogen-bond acceptors (Lipinski definition) is 3. The zero-order valence-electron chi connectivity index (χ0n) is 16.3. The summed E-state index contributed by atoms with van der Waals surface area (Å²) >= 11 is 0. The van der Waals surface area contributed by atoms with Crippen LogP contribution in [0, 0.1) is 23.3 Å². The fraction of sp³-hybridized carbons (Fsp3) is 0.0870. The van der Waals surface area contributed by atoms with Crippen molar-refractivity contribution in [3.05, 3.63) is 95.2 Å². The predicted octanol–water partition coefficient (Wildman–Crippen LogP) is 5.88. The van der Waals surface area contributed by atoms with Gasteiger partial charge in [-0.2, -0.15) is 0 Å². The summed E-state index contributed by atoms with van der Waals surface area (Å²) in [6.07, 6.45) is 0.221. The smallest absolute Gasteiger partial charge is 0.488 e. The monoisotopic (exact) mass is 445 g/mol. The summed E-state index contributed by atoms with van der Waals surface area (Å²) in [5.74, 6) is -3.64. The van der Waals surface area contributed by atoms with E-state index in [0.717, 1.165) is 6.07 Å². The van der Waals surface area contributed by atoms with Gasteiger partial charge in [0.2, 0.25) is 0 Å². The van der Waals surface area contributed by atoms with Gasteiger partial charge < -0.3 is 19.1 Å². The number of benzene rings is 3. The van der Waals surface area contributed by atoms with Crippen LogP contribution in [-0.4, -0.2) is 15.8 Å². The van der Waals surface area contributed by atoms with Gasteiger partial charge in [-0.1, -0.05) is 6.07 Å². The van der Waals surface area contributed by atoms with Crippen LogP contribution in [0.25, 0.3) is 10.9 Å². The Morgan fingerprint density at radius 1 is 0.875 bits per heavy atom. The molecule has 4 aromatic rings. The van der Waals surface area contributed by atoms with E-state index in [1.807, 2.05) is 0 Å². The van der Waals surface area contributed by atoms with Crippen LogP contribution in [0.5, 0.6) is 11.5 Å². The average Bonchev–Trinajstić information content (AvgIpc) is 3.14. The number of carboxylic acid groups (broad SMARTS) is 1. The van der Waals surface area contributed by atoms with Crippen molar-refractivity contribution in [3.8, 4) is 11.5 Å². The molecule has 0 aliphatic heterocycles. The Balaban J connectivity index is 1.62. The first kappa shape index (κ1) is 21.2. The molecule has 32 heavy (non-hydrogen) atoms. The number of halogens is 4. The quantitative estimate of drug-likeness (QED) is 0.174. The predicted molar refractivity (Wildman–Crippen MR) is 107 cm³/mol. The normalized spacial score (nSPS) is 11.0. The minimum Gasteiger partial charge on any atom is -0.488 e. The highest BCUT2D eigenvalue weighted by Gasteiger charge is 2.14. The zero-order valence-corrected chi connectivity index (χ0v) is 16.3. The van der Waals surface area contributed by atoms with E-state index < -0.39 is 36.0 Å². The molecule has 0 atom stereocenters. The van der Waals surface area contributed by atoms with Crippen LogP contribution in [-0.2, 0) is 13.2 Å². The molecule has 3 aromatic carbocycles. The summed E-state index contributed by atoms with van der Waals surface area (Å²) in [5.41, 5.74) is 0.835. The minimum atomic E-state index is -1.45. The topological polar surface area (TPSA) is 60.7 Å². The third-order valence-electron chi connectivity index (χ3n) is 4.81. The second-order valence-electron chi connectivity index (χ2n) is 6.90. The molecule has 1 heterocycles. The molecule has 9 heteroatoms. The number of rotatable bonds is 6. The third-order valence-corrected chi connectivity index (χ3v) is 4.81. The van der Waals surface area contributed by atoms with Crippen molar-refractivity contribution in [1.82, 2.24) is 4.57 Å². The molecule has 0 aliphatic carbocycles. The van der Waals surface area contributed by atoms with Gasteiger partial charge in [0, 0.05) is 28.8 Å². The third kappa shape index (κ3) is 4.36.